The van der Waals surface area contributed by atoms with Gasteiger partial charge < -0.3 is 5.32 Å². The minimum atomic E-state index is -3.41. The minimum Gasteiger partial charge on any atom is -0.325 e. The summed E-state index contributed by atoms with van der Waals surface area (Å²) in [7, 11) is -3.41. The van der Waals surface area contributed by atoms with Gasteiger partial charge in [-0.15, -0.1) is 0 Å². The van der Waals surface area contributed by atoms with Crippen molar-refractivity contribution in [2.75, 3.05) is 18.1 Å². The SMILES string of the molecule is CS(=O)(=O)N(CC(=O)Nc1cccc(Cl)c1)C1CCCCC1. The van der Waals surface area contributed by atoms with Gasteiger partial charge in [-0.2, -0.15) is 4.31 Å². The molecular formula is C15H21ClN2O3S. The first-order valence-electron chi connectivity index (χ1n) is 7.38. The number of anilines is 1. The molecule has 0 aliphatic heterocycles. The van der Waals surface area contributed by atoms with Crippen molar-refractivity contribution < 1.29 is 13.2 Å². The van der Waals surface area contributed by atoms with Crippen LogP contribution in [0.1, 0.15) is 32.1 Å². The van der Waals surface area contributed by atoms with Crippen molar-refractivity contribution in [1.29, 1.82) is 0 Å². The Morgan fingerprint density at radius 2 is 2.00 bits per heavy atom. The molecule has 0 atom stereocenters. The summed E-state index contributed by atoms with van der Waals surface area (Å²) in [5, 5.41) is 3.21. The number of halogens is 1. The molecule has 1 aromatic rings. The lowest BCUT2D eigenvalue weighted by Gasteiger charge is -2.31. The summed E-state index contributed by atoms with van der Waals surface area (Å²) in [5.41, 5.74) is 0.564. The number of carbonyl (C=O) groups excluding carboxylic acids is 1. The van der Waals surface area contributed by atoms with E-state index < -0.39 is 10.0 Å². The van der Waals surface area contributed by atoms with Crippen molar-refractivity contribution >= 4 is 33.2 Å². The predicted octanol–water partition coefficient (Wildman–Crippen LogP) is 2.87. The second kappa shape index (κ2) is 7.44. The molecule has 0 unspecified atom stereocenters. The van der Waals surface area contributed by atoms with E-state index in [9.17, 15) is 13.2 Å². The van der Waals surface area contributed by atoms with Gasteiger partial charge in [0.05, 0.1) is 12.8 Å². The fraction of sp³-hybridized carbons (Fsp3) is 0.533. The maximum Gasteiger partial charge on any atom is 0.239 e. The molecular weight excluding hydrogens is 324 g/mol. The summed E-state index contributed by atoms with van der Waals surface area (Å²) in [6.45, 7) is -0.157. The molecule has 1 saturated carbocycles. The lowest BCUT2D eigenvalue weighted by molar-refractivity contribution is -0.116. The molecule has 0 bridgehead atoms. The van der Waals surface area contributed by atoms with Gasteiger partial charge in [-0.3, -0.25) is 4.79 Å². The number of rotatable bonds is 5. The highest BCUT2D eigenvalue weighted by molar-refractivity contribution is 7.88. The van der Waals surface area contributed by atoms with Gasteiger partial charge in [-0.1, -0.05) is 36.9 Å². The third-order valence-electron chi connectivity index (χ3n) is 3.82. The first-order chi connectivity index (χ1) is 10.4. The summed E-state index contributed by atoms with van der Waals surface area (Å²) < 4.78 is 25.3. The van der Waals surface area contributed by atoms with Crippen molar-refractivity contribution in [2.45, 2.75) is 38.1 Å². The third kappa shape index (κ3) is 4.97. The van der Waals surface area contributed by atoms with E-state index in [-0.39, 0.29) is 18.5 Å². The predicted molar refractivity (Wildman–Crippen MR) is 88.5 cm³/mol. The second-order valence-electron chi connectivity index (χ2n) is 5.66. The zero-order chi connectivity index (χ0) is 16.2. The van der Waals surface area contributed by atoms with Crippen molar-refractivity contribution in [3.8, 4) is 0 Å². The average Bonchev–Trinajstić information content (AvgIpc) is 2.44. The normalized spacial score (nSPS) is 16.7. The highest BCUT2D eigenvalue weighted by atomic mass is 35.5. The Morgan fingerprint density at radius 1 is 1.32 bits per heavy atom. The molecule has 1 fully saturated rings. The van der Waals surface area contributed by atoms with Crippen LogP contribution < -0.4 is 5.32 Å². The van der Waals surface area contributed by atoms with Crippen LogP contribution in [0.25, 0.3) is 0 Å². The standard InChI is InChI=1S/C15H21ClN2O3S/c1-22(20,21)18(14-8-3-2-4-9-14)11-15(19)17-13-7-5-6-12(16)10-13/h5-7,10,14H,2-4,8-9,11H2,1H3,(H,17,19). The first kappa shape index (κ1) is 17.2. The van der Waals surface area contributed by atoms with Crippen molar-refractivity contribution in [2.24, 2.45) is 0 Å². The minimum absolute atomic E-state index is 0.0751. The third-order valence-corrected chi connectivity index (χ3v) is 5.33. The number of carbonyl (C=O) groups is 1. The fourth-order valence-corrected chi connectivity index (χ4v) is 4.09. The molecule has 5 nitrogen and oxygen atoms in total. The number of nitrogens with one attached hydrogen (secondary N) is 1. The molecule has 0 saturated heterocycles. The Kier molecular flexibility index (Phi) is 5.83. The molecule has 122 valence electrons. The van der Waals surface area contributed by atoms with E-state index in [0.717, 1.165) is 38.4 Å². The molecule has 1 amide bonds. The number of benzene rings is 1. The quantitative estimate of drug-likeness (QED) is 0.893. The maximum absolute atomic E-state index is 12.2. The van der Waals surface area contributed by atoms with Crippen LogP contribution in [0.4, 0.5) is 5.69 Å². The van der Waals surface area contributed by atoms with E-state index in [1.807, 2.05) is 0 Å². The van der Waals surface area contributed by atoms with E-state index in [2.05, 4.69) is 5.32 Å². The summed E-state index contributed by atoms with van der Waals surface area (Å²) >= 11 is 5.87. The monoisotopic (exact) mass is 344 g/mol. The Bertz CT molecular complexity index is 627. The average molecular weight is 345 g/mol. The molecule has 7 heteroatoms. The highest BCUT2D eigenvalue weighted by Crippen LogP contribution is 2.24. The van der Waals surface area contributed by atoms with Gasteiger partial charge in [-0.05, 0) is 31.0 Å². The fourth-order valence-electron chi connectivity index (χ4n) is 2.79. The van der Waals surface area contributed by atoms with E-state index in [4.69, 9.17) is 11.6 Å². The van der Waals surface area contributed by atoms with Crippen LogP contribution in [0.2, 0.25) is 5.02 Å². The van der Waals surface area contributed by atoms with Gasteiger partial charge in [0.1, 0.15) is 0 Å². The van der Waals surface area contributed by atoms with Crippen LogP contribution in [-0.2, 0) is 14.8 Å². The molecule has 0 heterocycles. The summed E-state index contributed by atoms with van der Waals surface area (Å²) in [6, 6.07) is 6.71. The number of nitrogens with zero attached hydrogens (tertiary/aromatic N) is 1. The van der Waals surface area contributed by atoms with Gasteiger partial charge in [0.15, 0.2) is 0 Å². The number of amides is 1. The summed E-state index contributed by atoms with van der Waals surface area (Å²) in [6.07, 6.45) is 5.94. The molecule has 2 rings (SSSR count). The number of sulfonamides is 1. The summed E-state index contributed by atoms with van der Waals surface area (Å²) in [4.78, 5) is 12.2. The summed E-state index contributed by atoms with van der Waals surface area (Å²) in [5.74, 6) is -0.349. The number of hydrogen-bond donors (Lipinski definition) is 1. The van der Waals surface area contributed by atoms with E-state index in [1.54, 1.807) is 24.3 Å². The van der Waals surface area contributed by atoms with Crippen LogP contribution in [-0.4, -0.2) is 37.5 Å². The largest absolute Gasteiger partial charge is 0.325 e. The van der Waals surface area contributed by atoms with Gasteiger partial charge in [0, 0.05) is 16.8 Å². The number of hydrogen-bond acceptors (Lipinski definition) is 3. The first-order valence-corrected chi connectivity index (χ1v) is 9.61. The van der Waals surface area contributed by atoms with Crippen LogP contribution in [0.3, 0.4) is 0 Å². The molecule has 1 N–H and O–H groups in total. The van der Waals surface area contributed by atoms with Gasteiger partial charge in [0.2, 0.25) is 15.9 Å². The Balaban J connectivity index is 2.05. The van der Waals surface area contributed by atoms with Crippen LogP contribution in [0, 0.1) is 0 Å². The van der Waals surface area contributed by atoms with Gasteiger partial charge in [-0.25, -0.2) is 8.42 Å². The van der Waals surface area contributed by atoms with Crippen LogP contribution in [0.5, 0.6) is 0 Å². The molecule has 0 spiro atoms. The molecule has 1 aliphatic carbocycles. The lowest BCUT2D eigenvalue weighted by atomic mass is 9.95. The topological polar surface area (TPSA) is 66.5 Å². The van der Waals surface area contributed by atoms with E-state index >= 15 is 0 Å². The molecule has 22 heavy (non-hydrogen) atoms. The maximum atomic E-state index is 12.2. The molecule has 1 aliphatic rings. The highest BCUT2D eigenvalue weighted by Gasteiger charge is 2.29. The van der Waals surface area contributed by atoms with E-state index in [0.29, 0.717) is 10.7 Å². The molecule has 1 aromatic carbocycles. The molecule has 0 radical (unpaired) electrons. The zero-order valence-electron chi connectivity index (χ0n) is 12.6. The second-order valence-corrected chi connectivity index (χ2v) is 8.03. The Morgan fingerprint density at radius 3 is 2.59 bits per heavy atom. The van der Waals surface area contributed by atoms with Crippen LogP contribution >= 0.6 is 11.6 Å². The molecule has 0 aromatic heterocycles. The van der Waals surface area contributed by atoms with Crippen molar-refractivity contribution in [1.82, 2.24) is 4.31 Å². The van der Waals surface area contributed by atoms with Gasteiger partial charge >= 0.3 is 0 Å². The zero-order valence-corrected chi connectivity index (χ0v) is 14.2. The lowest BCUT2D eigenvalue weighted by Crippen LogP contribution is -2.45. The van der Waals surface area contributed by atoms with Crippen molar-refractivity contribution in [3.63, 3.8) is 0 Å². The van der Waals surface area contributed by atoms with E-state index in [1.165, 1.54) is 4.31 Å². The van der Waals surface area contributed by atoms with Crippen molar-refractivity contribution in [3.05, 3.63) is 29.3 Å². The van der Waals surface area contributed by atoms with Gasteiger partial charge in [0.25, 0.3) is 0 Å². The Labute approximate surface area is 136 Å². The van der Waals surface area contributed by atoms with Crippen LogP contribution in [0.15, 0.2) is 24.3 Å². The smallest absolute Gasteiger partial charge is 0.239 e. The Hall–Kier alpha value is -1.11.